The molecule has 1 aliphatic rings. The number of anilines is 6. The van der Waals surface area contributed by atoms with Gasteiger partial charge in [0.05, 0.1) is 5.69 Å². The normalized spacial score (nSPS) is 13.4. The Morgan fingerprint density at radius 2 is 0.778 bits per heavy atom. The first-order valence-corrected chi connectivity index (χ1v) is 22.6. The van der Waals surface area contributed by atoms with Crippen LogP contribution in [-0.2, 0) is 5.41 Å². The third kappa shape index (κ3) is 6.13. The number of hydrogen-bond donors (Lipinski definition) is 0. The zero-order valence-corrected chi connectivity index (χ0v) is 38.6. The van der Waals surface area contributed by atoms with E-state index in [1.54, 1.807) is 0 Å². The number of hydrogen-bond acceptors (Lipinski definition) is 2. The molecule has 0 aliphatic heterocycles. The topological polar surface area (TPSA) is 6.48 Å². The monoisotopic (exact) mass is 818 g/mol. The highest BCUT2D eigenvalue weighted by atomic mass is 15.1. The van der Waals surface area contributed by atoms with Crippen molar-refractivity contribution in [3.63, 3.8) is 0 Å². The van der Waals surface area contributed by atoms with Gasteiger partial charge in [-0.05, 0) is 177 Å². The minimum atomic E-state index is -0.411. The first-order valence-electron chi connectivity index (χ1n) is 22.6. The van der Waals surface area contributed by atoms with E-state index in [0.29, 0.717) is 0 Å². The van der Waals surface area contributed by atoms with Crippen LogP contribution in [0.2, 0.25) is 0 Å². The SMILES string of the molecule is Cc1ccc(N(c2ccccc2)c2ccc3c4c(c5ccccc5c3c2)-c2c(cc(N(c3ccccc3)c3ccc(C)c(C)c3)c3ccccc23)C4(C(C)(C)C)C(C)(C)C)cc1C. The van der Waals surface area contributed by atoms with Crippen LogP contribution in [0, 0.1) is 38.5 Å². The van der Waals surface area contributed by atoms with E-state index in [0.717, 1.165) is 28.4 Å². The van der Waals surface area contributed by atoms with Gasteiger partial charge < -0.3 is 9.80 Å². The Morgan fingerprint density at radius 3 is 1.32 bits per heavy atom. The molecule has 0 heterocycles. The van der Waals surface area contributed by atoms with Gasteiger partial charge in [0, 0.05) is 39.2 Å². The molecule has 0 aromatic heterocycles. The van der Waals surface area contributed by atoms with Gasteiger partial charge in [-0.1, -0.05) is 145 Å². The maximum Gasteiger partial charge on any atom is 0.0543 e. The summed E-state index contributed by atoms with van der Waals surface area (Å²) in [5, 5.41) is 7.72. The molecule has 0 fully saturated rings. The van der Waals surface area contributed by atoms with Crippen LogP contribution in [0.5, 0.6) is 0 Å². The molecule has 63 heavy (non-hydrogen) atoms. The molecular formula is C61H58N2. The van der Waals surface area contributed by atoms with E-state index in [4.69, 9.17) is 0 Å². The Bertz CT molecular complexity index is 3220. The van der Waals surface area contributed by atoms with Crippen LogP contribution in [0.25, 0.3) is 43.4 Å². The van der Waals surface area contributed by atoms with Gasteiger partial charge in [0.1, 0.15) is 0 Å². The molecule has 10 rings (SSSR count). The highest BCUT2D eigenvalue weighted by Gasteiger charge is 2.59. The lowest BCUT2D eigenvalue weighted by Gasteiger charge is -2.53. The molecule has 0 bridgehead atoms. The molecule has 9 aromatic rings. The van der Waals surface area contributed by atoms with Gasteiger partial charge in [-0.3, -0.25) is 0 Å². The molecule has 0 unspecified atom stereocenters. The Balaban J connectivity index is 1.35. The Kier molecular flexibility index (Phi) is 9.46. The lowest BCUT2D eigenvalue weighted by molar-refractivity contribution is 0.0965. The lowest BCUT2D eigenvalue weighted by atomic mass is 9.49. The third-order valence-electron chi connectivity index (χ3n) is 14.3. The van der Waals surface area contributed by atoms with E-state index in [1.165, 1.54) is 82.5 Å². The molecule has 2 nitrogen and oxygen atoms in total. The first-order chi connectivity index (χ1) is 30.2. The van der Waals surface area contributed by atoms with Crippen LogP contribution in [0.4, 0.5) is 34.1 Å². The first kappa shape index (κ1) is 40.4. The smallest absolute Gasteiger partial charge is 0.0543 e. The van der Waals surface area contributed by atoms with E-state index in [2.05, 4.69) is 249 Å². The van der Waals surface area contributed by atoms with E-state index < -0.39 is 5.41 Å². The summed E-state index contributed by atoms with van der Waals surface area (Å²) in [5.41, 5.74) is 16.9. The average molecular weight is 819 g/mol. The van der Waals surface area contributed by atoms with Crippen LogP contribution < -0.4 is 9.80 Å². The highest BCUT2D eigenvalue weighted by Crippen LogP contribution is 2.69. The largest absolute Gasteiger partial charge is 0.310 e. The molecule has 312 valence electrons. The zero-order chi connectivity index (χ0) is 44.0. The van der Waals surface area contributed by atoms with Gasteiger partial charge in [-0.15, -0.1) is 0 Å². The summed E-state index contributed by atoms with van der Waals surface area (Å²) in [4.78, 5) is 4.93. The fourth-order valence-electron chi connectivity index (χ4n) is 11.6. The molecule has 0 spiro atoms. The minimum absolute atomic E-state index is 0.202. The Morgan fingerprint density at radius 1 is 0.333 bits per heavy atom. The molecule has 0 radical (unpaired) electrons. The van der Waals surface area contributed by atoms with Crippen molar-refractivity contribution in [2.24, 2.45) is 10.8 Å². The minimum Gasteiger partial charge on any atom is -0.310 e. The summed E-state index contributed by atoms with van der Waals surface area (Å²) in [5.74, 6) is 0. The highest BCUT2D eigenvalue weighted by molar-refractivity contribution is 6.23. The van der Waals surface area contributed by atoms with Gasteiger partial charge in [0.15, 0.2) is 0 Å². The molecule has 0 N–H and O–H groups in total. The van der Waals surface area contributed by atoms with Gasteiger partial charge in [-0.25, -0.2) is 0 Å². The molecule has 9 aromatic carbocycles. The van der Waals surface area contributed by atoms with Gasteiger partial charge >= 0.3 is 0 Å². The molecular weight excluding hydrogens is 761 g/mol. The van der Waals surface area contributed by atoms with Crippen LogP contribution >= 0.6 is 0 Å². The van der Waals surface area contributed by atoms with E-state index in [-0.39, 0.29) is 10.8 Å². The number of para-hydroxylation sites is 2. The summed E-state index contributed by atoms with van der Waals surface area (Å²) in [7, 11) is 0. The lowest BCUT2D eigenvalue weighted by Crippen LogP contribution is -2.50. The van der Waals surface area contributed by atoms with Crippen molar-refractivity contribution < 1.29 is 0 Å². The fraction of sp³-hybridized carbons (Fsp3) is 0.213. The van der Waals surface area contributed by atoms with Crippen molar-refractivity contribution in [1.82, 2.24) is 0 Å². The van der Waals surface area contributed by atoms with E-state index in [1.807, 2.05) is 0 Å². The van der Waals surface area contributed by atoms with Crippen LogP contribution in [-0.4, -0.2) is 0 Å². The second-order valence-electron chi connectivity index (χ2n) is 20.0. The predicted molar refractivity (Wildman–Crippen MR) is 272 cm³/mol. The number of aryl methyl sites for hydroxylation is 4. The van der Waals surface area contributed by atoms with Crippen molar-refractivity contribution in [2.45, 2.75) is 74.7 Å². The number of benzene rings is 9. The van der Waals surface area contributed by atoms with Crippen LogP contribution in [0.15, 0.2) is 170 Å². The Labute approximate surface area is 374 Å². The second kappa shape index (κ2) is 14.7. The van der Waals surface area contributed by atoms with E-state index >= 15 is 0 Å². The van der Waals surface area contributed by atoms with Crippen molar-refractivity contribution in [3.8, 4) is 11.1 Å². The summed E-state index contributed by atoms with van der Waals surface area (Å²) in [6.07, 6.45) is 0. The maximum atomic E-state index is 2.60. The molecule has 0 saturated heterocycles. The second-order valence-corrected chi connectivity index (χ2v) is 20.0. The molecule has 2 heteroatoms. The van der Waals surface area contributed by atoms with Gasteiger partial charge in [0.2, 0.25) is 0 Å². The maximum absolute atomic E-state index is 2.60. The Hall–Kier alpha value is -6.64. The van der Waals surface area contributed by atoms with Crippen molar-refractivity contribution >= 4 is 66.4 Å². The van der Waals surface area contributed by atoms with Gasteiger partial charge in [0.25, 0.3) is 0 Å². The zero-order valence-electron chi connectivity index (χ0n) is 38.6. The van der Waals surface area contributed by atoms with Crippen molar-refractivity contribution in [2.75, 3.05) is 9.80 Å². The number of nitrogens with zero attached hydrogens (tertiary/aromatic N) is 2. The molecule has 0 amide bonds. The summed E-state index contributed by atoms with van der Waals surface area (Å²) >= 11 is 0. The standard InChI is InChI=1S/C61H58N2/c1-39-29-31-45(35-41(39)3)62(43-21-13-11-14-22-43)47-33-34-52-53(37-47)48-25-17-19-27-50(48)57-56-51-28-20-18-26-49(51)55(38-54(56)61(58(52)57,59(5,6)7)60(8,9)10)63(44-23-15-12-16-24-44)46-32-30-40(2)42(4)36-46/h11-38H,1-10H3. The molecule has 0 atom stereocenters. The summed E-state index contributed by atoms with van der Waals surface area (Å²) in [6, 6.07) is 63.8. The predicted octanol–water partition coefficient (Wildman–Crippen LogP) is 17.7. The third-order valence-corrected chi connectivity index (χ3v) is 14.3. The van der Waals surface area contributed by atoms with Gasteiger partial charge in [-0.2, -0.15) is 0 Å². The average Bonchev–Trinajstić information content (AvgIpc) is 3.61. The molecule has 0 saturated carbocycles. The quantitative estimate of drug-likeness (QED) is 0.154. The summed E-state index contributed by atoms with van der Waals surface area (Å²) in [6.45, 7) is 23.7. The van der Waals surface area contributed by atoms with Crippen LogP contribution in [0.3, 0.4) is 0 Å². The summed E-state index contributed by atoms with van der Waals surface area (Å²) < 4.78 is 0. The van der Waals surface area contributed by atoms with Crippen LogP contribution in [0.1, 0.15) is 74.9 Å². The van der Waals surface area contributed by atoms with E-state index in [9.17, 15) is 0 Å². The fourth-order valence-corrected chi connectivity index (χ4v) is 11.6. The molecule has 1 aliphatic carbocycles. The van der Waals surface area contributed by atoms with Crippen molar-refractivity contribution in [1.29, 1.82) is 0 Å². The number of rotatable bonds is 6. The number of fused-ring (bicyclic) bond motifs is 10. The van der Waals surface area contributed by atoms with Crippen molar-refractivity contribution in [3.05, 3.63) is 203 Å².